The summed E-state index contributed by atoms with van der Waals surface area (Å²) in [4.78, 5) is 26.9. The minimum atomic E-state index is -0.582. The van der Waals surface area contributed by atoms with E-state index in [1.807, 2.05) is 25.1 Å². The molecule has 0 fully saturated rings. The summed E-state index contributed by atoms with van der Waals surface area (Å²) < 4.78 is 6.48. The molecule has 11 heteroatoms. The number of hydrogen-bond donors (Lipinski definition) is 2. The molecule has 2 N–H and O–H groups in total. The Labute approximate surface area is 169 Å². The molecule has 4 rings (SSSR count). The van der Waals surface area contributed by atoms with Crippen LogP contribution in [0.1, 0.15) is 5.82 Å². The summed E-state index contributed by atoms with van der Waals surface area (Å²) in [7, 11) is 1.27. The van der Waals surface area contributed by atoms with Crippen LogP contribution in [0.25, 0.3) is 15.5 Å². The van der Waals surface area contributed by atoms with Crippen molar-refractivity contribution in [2.45, 2.75) is 6.92 Å². The lowest BCUT2D eigenvalue weighted by atomic mass is 10.2. The van der Waals surface area contributed by atoms with Crippen LogP contribution >= 0.6 is 11.3 Å². The Bertz CT molecular complexity index is 1130. The normalized spacial score (nSPS) is 14.2. The highest BCUT2D eigenvalue weighted by Gasteiger charge is 2.34. The summed E-state index contributed by atoms with van der Waals surface area (Å²) in [6, 6.07) is 7.36. The van der Waals surface area contributed by atoms with Crippen LogP contribution in [-0.2, 0) is 14.3 Å². The number of methoxy groups -OCH3 is 1. The highest BCUT2D eigenvalue weighted by atomic mass is 32.1. The average molecular weight is 414 g/mol. The number of aryl methyl sites for hydroxylation is 1. The van der Waals surface area contributed by atoms with E-state index in [9.17, 15) is 9.59 Å². The molecule has 0 radical (unpaired) electrons. The van der Waals surface area contributed by atoms with Gasteiger partial charge in [-0.25, -0.2) is 4.79 Å². The van der Waals surface area contributed by atoms with Crippen LogP contribution in [-0.4, -0.2) is 68.5 Å². The summed E-state index contributed by atoms with van der Waals surface area (Å²) in [5, 5.41) is 25.5. The number of carbonyl (C=O) groups excluding carboxylic acids is 2. The maximum atomic E-state index is 12.7. The number of aliphatic hydroxyl groups is 1. The number of nitrogens with one attached hydrogen (secondary N) is 1. The van der Waals surface area contributed by atoms with Crippen molar-refractivity contribution < 1.29 is 19.4 Å². The lowest BCUT2D eigenvalue weighted by Gasteiger charge is -2.15. The van der Waals surface area contributed by atoms with Gasteiger partial charge in [-0.2, -0.15) is 9.61 Å². The van der Waals surface area contributed by atoms with E-state index in [0.717, 1.165) is 10.6 Å². The van der Waals surface area contributed by atoms with Gasteiger partial charge < -0.3 is 20.1 Å². The van der Waals surface area contributed by atoms with Crippen molar-refractivity contribution in [2.75, 3.05) is 32.1 Å². The van der Waals surface area contributed by atoms with Crippen molar-refractivity contribution in [1.29, 1.82) is 0 Å². The Balaban J connectivity index is 1.65. The minimum absolute atomic E-state index is 0.0873. The van der Waals surface area contributed by atoms with Crippen LogP contribution in [0.15, 0.2) is 35.5 Å². The fourth-order valence-electron chi connectivity index (χ4n) is 3.05. The number of carbonyl (C=O) groups is 2. The molecule has 1 amide bonds. The Kier molecular flexibility index (Phi) is 4.99. The van der Waals surface area contributed by atoms with Gasteiger partial charge in [0, 0.05) is 17.8 Å². The number of benzene rings is 1. The third-order valence-electron chi connectivity index (χ3n) is 4.48. The Morgan fingerprint density at radius 2 is 2.21 bits per heavy atom. The topological polar surface area (TPSA) is 122 Å². The van der Waals surface area contributed by atoms with Gasteiger partial charge in [-0.05, 0) is 19.1 Å². The lowest BCUT2D eigenvalue weighted by molar-refractivity contribution is -0.136. The van der Waals surface area contributed by atoms with Gasteiger partial charge in [-0.3, -0.25) is 4.79 Å². The first-order chi connectivity index (χ1) is 14.0. The van der Waals surface area contributed by atoms with E-state index in [1.54, 1.807) is 10.6 Å². The van der Waals surface area contributed by atoms with Crippen molar-refractivity contribution in [3.05, 3.63) is 41.4 Å². The van der Waals surface area contributed by atoms with E-state index in [4.69, 9.17) is 9.84 Å². The van der Waals surface area contributed by atoms with E-state index < -0.39 is 5.97 Å². The standard InChI is InChI=1S/C18H18N6O4S/c1-10-20-21-18-24(10)22-15(29-18)11-4-3-5-12(8-11)19-14-13(17(27)28-2)9-23(6-7-25)16(14)26/h3-5,8,19,25H,6-7,9H2,1-2H3. The van der Waals surface area contributed by atoms with E-state index in [-0.39, 0.29) is 36.9 Å². The molecule has 3 aromatic rings. The molecule has 0 spiro atoms. The Hall–Kier alpha value is -3.31. The highest BCUT2D eigenvalue weighted by Crippen LogP contribution is 2.29. The second-order valence-electron chi connectivity index (χ2n) is 6.35. The number of nitrogens with zero attached hydrogens (tertiary/aromatic N) is 5. The first-order valence-electron chi connectivity index (χ1n) is 8.79. The first-order valence-corrected chi connectivity index (χ1v) is 9.61. The van der Waals surface area contributed by atoms with Gasteiger partial charge >= 0.3 is 5.97 Å². The molecular weight excluding hydrogens is 396 g/mol. The Morgan fingerprint density at radius 3 is 2.93 bits per heavy atom. The van der Waals surface area contributed by atoms with Crippen molar-refractivity contribution >= 4 is 33.9 Å². The van der Waals surface area contributed by atoms with Gasteiger partial charge in [0.25, 0.3) is 5.91 Å². The van der Waals surface area contributed by atoms with Gasteiger partial charge in [-0.15, -0.1) is 10.2 Å². The summed E-state index contributed by atoms with van der Waals surface area (Å²) in [5.74, 6) is -0.244. The molecule has 0 unspecified atom stereocenters. The second kappa shape index (κ2) is 7.60. The molecule has 1 aliphatic heterocycles. The van der Waals surface area contributed by atoms with Crippen LogP contribution in [0.3, 0.4) is 0 Å². The summed E-state index contributed by atoms with van der Waals surface area (Å²) >= 11 is 1.40. The lowest BCUT2D eigenvalue weighted by Crippen LogP contribution is -2.31. The van der Waals surface area contributed by atoms with Crippen LogP contribution in [0, 0.1) is 6.92 Å². The van der Waals surface area contributed by atoms with Crippen molar-refractivity contribution in [2.24, 2.45) is 0 Å². The monoisotopic (exact) mass is 414 g/mol. The zero-order valence-electron chi connectivity index (χ0n) is 15.7. The molecule has 1 aliphatic rings. The number of amides is 1. The first kappa shape index (κ1) is 19.0. The molecule has 150 valence electrons. The number of fused-ring (bicyclic) bond motifs is 1. The van der Waals surface area contributed by atoms with Gasteiger partial charge in [0.1, 0.15) is 10.7 Å². The molecule has 0 atom stereocenters. The SMILES string of the molecule is COC(=O)C1=C(Nc2cccc(-c3nn4c(C)nnc4s3)c2)C(=O)N(CCO)C1. The largest absolute Gasteiger partial charge is 0.466 e. The molecule has 2 aromatic heterocycles. The smallest absolute Gasteiger partial charge is 0.337 e. The fourth-order valence-corrected chi connectivity index (χ4v) is 3.94. The molecule has 0 aliphatic carbocycles. The number of anilines is 1. The zero-order valence-corrected chi connectivity index (χ0v) is 16.6. The number of β-amino-alcohol motifs (C(OH)–C–C–N with tert-alkyl or cyclic N) is 1. The summed E-state index contributed by atoms with van der Waals surface area (Å²) in [6.45, 7) is 1.86. The number of rotatable bonds is 6. The number of ether oxygens (including phenoxy) is 1. The maximum absolute atomic E-state index is 12.7. The number of aliphatic hydroxyl groups excluding tert-OH is 1. The van der Waals surface area contributed by atoms with Crippen LogP contribution in [0.4, 0.5) is 5.69 Å². The van der Waals surface area contributed by atoms with Gasteiger partial charge in [-0.1, -0.05) is 23.5 Å². The quantitative estimate of drug-likeness (QED) is 0.569. The molecule has 29 heavy (non-hydrogen) atoms. The van der Waals surface area contributed by atoms with Gasteiger partial charge in [0.15, 0.2) is 5.82 Å². The maximum Gasteiger partial charge on any atom is 0.337 e. The fraction of sp³-hybridized carbons (Fsp3) is 0.278. The molecule has 0 bridgehead atoms. The van der Waals surface area contributed by atoms with Crippen LogP contribution in [0.5, 0.6) is 0 Å². The molecular formula is C18H18N6O4S. The summed E-state index contributed by atoms with van der Waals surface area (Å²) in [6.07, 6.45) is 0. The predicted octanol–water partition coefficient (Wildman–Crippen LogP) is 0.835. The van der Waals surface area contributed by atoms with Crippen LogP contribution < -0.4 is 5.32 Å². The highest BCUT2D eigenvalue weighted by molar-refractivity contribution is 7.19. The molecule has 10 nitrogen and oxygen atoms in total. The van der Waals surface area contributed by atoms with Crippen LogP contribution in [0.2, 0.25) is 0 Å². The van der Waals surface area contributed by atoms with E-state index >= 15 is 0 Å². The van der Waals surface area contributed by atoms with Crippen molar-refractivity contribution in [1.82, 2.24) is 24.7 Å². The van der Waals surface area contributed by atoms with Crippen molar-refractivity contribution in [3.63, 3.8) is 0 Å². The number of esters is 1. The number of aromatic nitrogens is 4. The average Bonchev–Trinajstić information content (AvgIpc) is 3.39. The van der Waals surface area contributed by atoms with Crippen molar-refractivity contribution in [3.8, 4) is 10.6 Å². The second-order valence-corrected chi connectivity index (χ2v) is 7.31. The number of hydrogen-bond acceptors (Lipinski definition) is 9. The minimum Gasteiger partial charge on any atom is -0.466 e. The summed E-state index contributed by atoms with van der Waals surface area (Å²) in [5.41, 5.74) is 1.84. The molecule has 3 heterocycles. The zero-order chi connectivity index (χ0) is 20.5. The third-order valence-corrected chi connectivity index (χ3v) is 5.43. The van der Waals surface area contributed by atoms with E-state index in [0.29, 0.717) is 16.5 Å². The predicted molar refractivity (Wildman–Crippen MR) is 105 cm³/mol. The van der Waals surface area contributed by atoms with E-state index in [1.165, 1.54) is 23.3 Å². The molecule has 0 saturated carbocycles. The Morgan fingerprint density at radius 1 is 1.38 bits per heavy atom. The van der Waals surface area contributed by atoms with Gasteiger partial charge in [0.05, 0.1) is 25.8 Å². The molecule has 1 aromatic carbocycles. The third kappa shape index (κ3) is 3.45. The molecule has 0 saturated heterocycles. The van der Waals surface area contributed by atoms with E-state index in [2.05, 4.69) is 20.6 Å². The van der Waals surface area contributed by atoms with Gasteiger partial charge in [0.2, 0.25) is 4.96 Å².